The summed E-state index contributed by atoms with van der Waals surface area (Å²) in [5, 5.41) is 4.06. The highest BCUT2D eigenvalue weighted by Crippen LogP contribution is 2.26. The first-order valence-electron chi connectivity index (χ1n) is 8.36. The Bertz CT molecular complexity index is 812. The van der Waals surface area contributed by atoms with E-state index in [0.717, 1.165) is 29.8 Å². The highest BCUT2D eigenvalue weighted by Gasteiger charge is 2.15. The lowest BCUT2D eigenvalue weighted by molar-refractivity contribution is -0.120. The van der Waals surface area contributed by atoms with Crippen LogP contribution in [0.3, 0.4) is 0 Å². The first-order valence-corrected chi connectivity index (χ1v) is 9.18. The van der Waals surface area contributed by atoms with Gasteiger partial charge in [-0.15, -0.1) is 11.3 Å². The van der Waals surface area contributed by atoms with Crippen LogP contribution in [-0.2, 0) is 30.5 Å². The molecule has 0 aliphatic heterocycles. The topological polar surface area (TPSA) is 68.0 Å². The Balaban J connectivity index is 1.29. The molecule has 1 N–H and O–H groups in total. The van der Waals surface area contributed by atoms with Crippen LogP contribution in [0, 0.1) is 0 Å². The maximum atomic E-state index is 12.0. The number of hydrogen-bond donors (Lipinski definition) is 1. The van der Waals surface area contributed by atoms with Gasteiger partial charge in [-0.3, -0.25) is 4.79 Å². The smallest absolute Gasteiger partial charge is 0.229 e. The summed E-state index contributed by atoms with van der Waals surface area (Å²) < 4.78 is 5.58. The second-order valence-electron chi connectivity index (χ2n) is 6.04. The first kappa shape index (κ1) is 15.3. The predicted octanol–water partition coefficient (Wildman–Crippen LogP) is 3.06. The molecular weight excluding hydrogens is 322 g/mol. The van der Waals surface area contributed by atoms with Gasteiger partial charge in [0.15, 0.2) is 5.58 Å². The zero-order chi connectivity index (χ0) is 16.4. The van der Waals surface area contributed by atoms with Gasteiger partial charge >= 0.3 is 0 Å². The van der Waals surface area contributed by atoms with Crippen molar-refractivity contribution in [3.8, 4) is 0 Å². The Morgan fingerprint density at radius 2 is 2.08 bits per heavy atom. The van der Waals surface area contributed by atoms with Crippen LogP contribution in [0.1, 0.15) is 34.3 Å². The van der Waals surface area contributed by atoms with Crippen molar-refractivity contribution >= 4 is 28.3 Å². The van der Waals surface area contributed by atoms with Crippen molar-refractivity contribution in [1.82, 2.24) is 15.3 Å². The number of hydrogen-bond acceptors (Lipinski definition) is 5. The number of oxazole rings is 1. The molecule has 1 amide bonds. The van der Waals surface area contributed by atoms with E-state index in [2.05, 4.69) is 10.3 Å². The van der Waals surface area contributed by atoms with Crippen LogP contribution in [-0.4, -0.2) is 22.4 Å². The molecule has 0 spiro atoms. The number of rotatable bonds is 5. The molecule has 1 aromatic carbocycles. The molecule has 3 aromatic rings. The number of carbonyl (C=O) groups is 1. The second-order valence-corrected chi connectivity index (χ2v) is 7.20. The SMILES string of the molecule is O=C(Cc1nc2ccccc2o1)NCCc1nc2c(s1)CCCC2. The standard InChI is InChI=1S/C18H19N3O2S/c22-16(11-17-20-12-5-1-3-7-14(12)23-17)19-10-9-18-21-13-6-2-4-8-15(13)24-18/h1,3,5,7H,2,4,6,8-11H2,(H,19,22). The van der Waals surface area contributed by atoms with Gasteiger partial charge in [0, 0.05) is 17.8 Å². The summed E-state index contributed by atoms with van der Waals surface area (Å²) in [6.07, 6.45) is 5.75. The van der Waals surface area contributed by atoms with E-state index in [-0.39, 0.29) is 12.3 Å². The van der Waals surface area contributed by atoms with E-state index in [1.165, 1.54) is 23.4 Å². The number of carbonyl (C=O) groups excluding carboxylic acids is 1. The summed E-state index contributed by atoms with van der Waals surface area (Å²) in [6.45, 7) is 0.603. The average molecular weight is 341 g/mol. The van der Waals surface area contributed by atoms with E-state index in [0.29, 0.717) is 18.0 Å². The van der Waals surface area contributed by atoms with Gasteiger partial charge in [-0.05, 0) is 37.8 Å². The predicted molar refractivity (Wildman–Crippen MR) is 93.2 cm³/mol. The molecule has 124 valence electrons. The van der Waals surface area contributed by atoms with Crippen LogP contribution in [0.25, 0.3) is 11.1 Å². The summed E-state index contributed by atoms with van der Waals surface area (Å²) in [5.41, 5.74) is 2.78. The number of nitrogens with zero attached hydrogens (tertiary/aromatic N) is 2. The van der Waals surface area contributed by atoms with Crippen molar-refractivity contribution in [1.29, 1.82) is 0 Å². The lowest BCUT2D eigenvalue weighted by atomic mass is 10.0. The van der Waals surface area contributed by atoms with Crippen LogP contribution < -0.4 is 5.32 Å². The molecule has 2 aromatic heterocycles. The Morgan fingerprint density at radius 3 is 2.96 bits per heavy atom. The number of thiazole rings is 1. The van der Waals surface area contributed by atoms with E-state index in [9.17, 15) is 4.79 Å². The Hall–Kier alpha value is -2.21. The van der Waals surface area contributed by atoms with Crippen molar-refractivity contribution in [2.75, 3.05) is 6.54 Å². The van der Waals surface area contributed by atoms with Crippen molar-refractivity contribution in [3.05, 3.63) is 45.7 Å². The summed E-state index contributed by atoms with van der Waals surface area (Å²) in [7, 11) is 0. The third-order valence-corrected chi connectivity index (χ3v) is 5.42. The number of benzene rings is 1. The number of aromatic nitrogens is 2. The fourth-order valence-electron chi connectivity index (χ4n) is 3.02. The molecule has 24 heavy (non-hydrogen) atoms. The first-order chi connectivity index (χ1) is 11.8. The summed E-state index contributed by atoms with van der Waals surface area (Å²) >= 11 is 1.80. The summed E-state index contributed by atoms with van der Waals surface area (Å²) in [5.74, 6) is 0.390. The van der Waals surface area contributed by atoms with Crippen LogP contribution in [0.4, 0.5) is 0 Å². The molecule has 0 saturated heterocycles. The molecule has 0 radical (unpaired) electrons. The normalized spacial score (nSPS) is 13.8. The fourth-order valence-corrected chi connectivity index (χ4v) is 4.17. The van der Waals surface area contributed by atoms with Gasteiger partial charge in [-0.25, -0.2) is 9.97 Å². The Kier molecular flexibility index (Phi) is 4.30. The molecular formula is C18H19N3O2S. The summed E-state index contributed by atoms with van der Waals surface area (Å²) in [4.78, 5) is 22.5. The maximum Gasteiger partial charge on any atom is 0.229 e. The maximum absolute atomic E-state index is 12.0. The average Bonchev–Trinajstić information content (AvgIpc) is 3.17. The molecule has 5 nitrogen and oxygen atoms in total. The van der Waals surface area contributed by atoms with E-state index >= 15 is 0 Å². The monoisotopic (exact) mass is 341 g/mol. The van der Waals surface area contributed by atoms with E-state index in [4.69, 9.17) is 9.40 Å². The van der Waals surface area contributed by atoms with Gasteiger partial charge < -0.3 is 9.73 Å². The van der Waals surface area contributed by atoms with E-state index in [1.54, 1.807) is 11.3 Å². The number of fused-ring (bicyclic) bond motifs is 2. The Morgan fingerprint density at radius 1 is 1.21 bits per heavy atom. The minimum atomic E-state index is -0.0668. The van der Waals surface area contributed by atoms with Gasteiger partial charge in [-0.2, -0.15) is 0 Å². The zero-order valence-corrected chi connectivity index (χ0v) is 14.2. The number of para-hydroxylation sites is 2. The van der Waals surface area contributed by atoms with Crippen LogP contribution in [0.15, 0.2) is 28.7 Å². The molecule has 2 heterocycles. The number of nitrogens with one attached hydrogen (secondary N) is 1. The van der Waals surface area contributed by atoms with Crippen LogP contribution in [0.2, 0.25) is 0 Å². The van der Waals surface area contributed by atoms with Crippen molar-refractivity contribution in [2.24, 2.45) is 0 Å². The van der Waals surface area contributed by atoms with Gasteiger partial charge in [-0.1, -0.05) is 12.1 Å². The molecule has 0 atom stereocenters. The highest BCUT2D eigenvalue weighted by molar-refractivity contribution is 7.11. The third kappa shape index (κ3) is 3.33. The van der Waals surface area contributed by atoms with Gasteiger partial charge in [0.2, 0.25) is 11.8 Å². The Labute approximate surface area is 144 Å². The summed E-state index contributed by atoms with van der Waals surface area (Å²) in [6, 6.07) is 7.53. The lowest BCUT2D eigenvalue weighted by Crippen LogP contribution is -2.27. The van der Waals surface area contributed by atoms with Gasteiger partial charge in [0.1, 0.15) is 11.9 Å². The van der Waals surface area contributed by atoms with Crippen molar-refractivity contribution in [3.63, 3.8) is 0 Å². The molecule has 1 aliphatic rings. The van der Waals surface area contributed by atoms with E-state index in [1.807, 2.05) is 24.3 Å². The minimum absolute atomic E-state index is 0.0668. The third-order valence-electron chi connectivity index (χ3n) is 4.20. The largest absolute Gasteiger partial charge is 0.440 e. The number of amides is 1. The molecule has 6 heteroatoms. The lowest BCUT2D eigenvalue weighted by Gasteiger charge is -2.06. The number of aryl methyl sites for hydroxylation is 2. The van der Waals surface area contributed by atoms with Crippen LogP contribution >= 0.6 is 11.3 Å². The van der Waals surface area contributed by atoms with E-state index < -0.39 is 0 Å². The molecule has 1 aliphatic carbocycles. The minimum Gasteiger partial charge on any atom is -0.440 e. The molecule has 0 unspecified atom stereocenters. The van der Waals surface area contributed by atoms with Gasteiger partial charge in [0.05, 0.1) is 10.7 Å². The second kappa shape index (κ2) is 6.73. The molecule has 0 fully saturated rings. The van der Waals surface area contributed by atoms with Crippen molar-refractivity contribution in [2.45, 2.75) is 38.5 Å². The zero-order valence-electron chi connectivity index (χ0n) is 13.4. The highest BCUT2D eigenvalue weighted by atomic mass is 32.1. The fraction of sp³-hybridized carbons (Fsp3) is 0.389. The molecule has 0 saturated carbocycles. The quantitative estimate of drug-likeness (QED) is 0.774. The van der Waals surface area contributed by atoms with Crippen molar-refractivity contribution < 1.29 is 9.21 Å². The van der Waals surface area contributed by atoms with Gasteiger partial charge in [0.25, 0.3) is 0 Å². The molecule has 0 bridgehead atoms. The molecule has 4 rings (SSSR count). The van der Waals surface area contributed by atoms with Crippen LogP contribution in [0.5, 0.6) is 0 Å².